The van der Waals surface area contributed by atoms with Crippen molar-refractivity contribution in [3.63, 3.8) is 0 Å². The van der Waals surface area contributed by atoms with Gasteiger partial charge in [0, 0.05) is 13.1 Å². The monoisotopic (exact) mass is 181 g/mol. The summed E-state index contributed by atoms with van der Waals surface area (Å²) < 4.78 is 1.21. The van der Waals surface area contributed by atoms with Gasteiger partial charge >= 0.3 is 5.69 Å². The van der Waals surface area contributed by atoms with Crippen LogP contribution in [0.15, 0.2) is 9.59 Å². The summed E-state index contributed by atoms with van der Waals surface area (Å²) in [7, 11) is 0. The van der Waals surface area contributed by atoms with E-state index < -0.39 is 0 Å². The smallest absolute Gasteiger partial charge is 0.329 e. The summed E-state index contributed by atoms with van der Waals surface area (Å²) in [6, 6.07) is 0. The number of anilines is 1. The van der Waals surface area contributed by atoms with Crippen molar-refractivity contribution < 1.29 is 0 Å². The van der Waals surface area contributed by atoms with E-state index >= 15 is 0 Å². The minimum atomic E-state index is -0.333. The van der Waals surface area contributed by atoms with Crippen molar-refractivity contribution in [2.75, 3.05) is 11.9 Å². The van der Waals surface area contributed by atoms with Crippen molar-refractivity contribution >= 4 is 5.82 Å². The van der Waals surface area contributed by atoms with Crippen molar-refractivity contribution in [3.8, 4) is 0 Å². The molecule has 2 heterocycles. The first kappa shape index (κ1) is 8.10. The predicted octanol–water partition coefficient (Wildman–Crippen LogP) is -0.475. The van der Waals surface area contributed by atoms with Gasteiger partial charge in [0.1, 0.15) is 5.82 Å². The molecule has 1 aliphatic heterocycles. The number of fused-ring (bicyclic) bond motifs is 1. The number of hydrogen-bond acceptors (Lipinski definition) is 3. The lowest BCUT2D eigenvalue weighted by molar-refractivity contribution is 0.668. The first-order valence-electron chi connectivity index (χ1n) is 4.34. The van der Waals surface area contributed by atoms with Gasteiger partial charge in [-0.05, 0) is 13.3 Å². The lowest BCUT2D eigenvalue weighted by atomic mass is 10.3. The predicted molar refractivity (Wildman–Crippen MR) is 49.2 cm³/mol. The van der Waals surface area contributed by atoms with Crippen molar-refractivity contribution in [2.24, 2.45) is 0 Å². The molecule has 5 heteroatoms. The number of aromatic amines is 1. The lowest BCUT2D eigenvalue weighted by Crippen LogP contribution is -2.36. The maximum absolute atomic E-state index is 11.6. The average molecular weight is 181 g/mol. The van der Waals surface area contributed by atoms with Crippen LogP contribution < -0.4 is 16.6 Å². The minimum absolute atomic E-state index is 0.161. The summed E-state index contributed by atoms with van der Waals surface area (Å²) in [5.41, 5.74) is 0.202. The van der Waals surface area contributed by atoms with Gasteiger partial charge in [-0.25, -0.2) is 4.79 Å². The standard InChI is InChI=1S/C8H11N3O2/c1-2-11-7(12)5-3-4-9-6(5)10-8(11)13/h9H,2-4H2,1H3,(H,10,13). The second-order valence-electron chi connectivity index (χ2n) is 3.01. The zero-order chi connectivity index (χ0) is 9.42. The molecule has 0 spiro atoms. The second kappa shape index (κ2) is 2.76. The Morgan fingerprint density at radius 2 is 2.23 bits per heavy atom. The van der Waals surface area contributed by atoms with E-state index in [0.717, 1.165) is 6.54 Å². The molecule has 0 aromatic carbocycles. The summed E-state index contributed by atoms with van der Waals surface area (Å²) in [5.74, 6) is 0.597. The first-order valence-corrected chi connectivity index (χ1v) is 4.34. The van der Waals surface area contributed by atoms with Crippen molar-refractivity contribution in [2.45, 2.75) is 19.9 Å². The Hall–Kier alpha value is -1.52. The van der Waals surface area contributed by atoms with Gasteiger partial charge in [-0.2, -0.15) is 0 Å². The fourth-order valence-electron chi connectivity index (χ4n) is 1.59. The van der Waals surface area contributed by atoms with Gasteiger partial charge < -0.3 is 5.32 Å². The van der Waals surface area contributed by atoms with E-state index in [4.69, 9.17) is 0 Å². The van der Waals surface area contributed by atoms with Crippen molar-refractivity contribution in [1.82, 2.24) is 9.55 Å². The molecule has 0 bridgehead atoms. The van der Waals surface area contributed by atoms with Crippen LogP contribution in [0.5, 0.6) is 0 Å². The summed E-state index contributed by atoms with van der Waals surface area (Å²) in [6.07, 6.45) is 0.699. The summed E-state index contributed by atoms with van der Waals surface area (Å²) in [6.45, 7) is 2.93. The zero-order valence-corrected chi connectivity index (χ0v) is 7.39. The van der Waals surface area contributed by atoms with E-state index in [-0.39, 0.29) is 11.2 Å². The molecule has 0 unspecified atom stereocenters. The quantitative estimate of drug-likeness (QED) is 0.615. The summed E-state index contributed by atoms with van der Waals surface area (Å²) >= 11 is 0. The van der Waals surface area contributed by atoms with E-state index in [1.807, 2.05) is 0 Å². The highest BCUT2D eigenvalue weighted by molar-refractivity contribution is 5.47. The molecule has 70 valence electrons. The Labute approximate surface area is 74.4 Å². The molecule has 1 aromatic rings. The Kier molecular flexibility index (Phi) is 1.72. The minimum Gasteiger partial charge on any atom is -0.371 e. The molecule has 0 saturated heterocycles. The number of aromatic nitrogens is 2. The van der Waals surface area contributed by atoms with Crippen LogP contribution in [0.4, 0.5) is 5.82 Å². The number of hydrogen-bond donors (Lipinski definition) is 2. The highest BCUT2D eigenvalue weighted by Crippen LogP contribution is 2.11. The van der Waals surface area contributed by atoms with Crippen molar-refractivity contribution in [3.05, 3.63) is 26.4 Å². The van der Waals surface area contributed by atoms with Crippen LogP contribution in [0, 0.1) is 0 Å². The molecular formula is C8H11N3O2. The Morgan fingerprint density at radius 1 is 1.46 bits per heavy atom. The molecular weight excluding hydrogens is 170 g/mol. The molecule has 0 atom stereocenters. The maximum Gasteiger partial charge on any atom is 0.329 e. The maximum atomic E-state index is 11.6. The van der Waals surface area contributed by atoms with Crippen LogP contribution in [-0.2, 0) is 13.0 Å². The van der Waals surface area contributed by atoms with Crippen LogP contribution in [-0.4, -0.2) is 16.1 Å². The lowest BCUT2D eigenvalue weighted by Gasteiger charge is -2.03. The third kappa shape index (κ3) is 1.07. The molecule has 13 heavy (non-hydrogen) atoms. The molecule has 2 N–H and O–H groups in total. The third-order valence-electron chi connectivity index (χ3n) is 2.28. The molecule has 0 saturated carbocycles. The van der Waals surface area contributed by atoms with Crippen LogP contribution in [0.1, 0.15) is 12.5 Å². The van der Waals surface area contributed by atoms with E-state index in [1.54, 1.807) is 6.92 Å². The summed E-state index contributed by atoms with van der Waals surface area (Å²) in [5, 5.41) is 2.96. The number of H-pyrrole nitrogens is 1. The normalized spacial score (nSPS) is 13.9. The largest absolute Gasteiger partial charge is 0.371 e. The fourth-order valence-corrected chi connectivity index (χ4v) is 1.59. The molecule has 0 aliphatic carbocycles. The molecule has 2 rings (SSSR count). The van der Waals surface area contributed by atoms with E-state index in [9.17, 15) is 9.59 Å². The van der Waals surface area contributed by atoms with Crippen LogP contribution in [0.25, 0.3) is 0 Å². The van der Waals surface area contributed by atoms with Crippen LogP contribution >= 0.6 is 0 Å². The van der Waals surface area contributed by atoms with Gasteiger partial charge in [0.15, 0.2) is 0 Å². The molecule has 5 nitrogen and oxygen atoms in total. The van der Waals surface area contributed by atoms with Gasteiger partial charge in [-0.1, -0.05) is 0 Å². The fraction of sp³-hybridized carbons (Fsp3) is 0.500. The SMILES string of the molecule is CCn1c(=O)[nH]c2c(c1=O)CCN2. The van der Waals surface area contributed by atoms with E-state index in [0.29, 0.717) is 24.3 Å². The molecule has 0 amide bonds. The highest BCUT2D eigenvalue weighted by atomic mass is 16.2. The van der Waals surface area contributed by atoms with Crippen LogP contribution in [0.3, 0.4) is 0 Å². The van der Waals surface area contributed by atoms with E-state index in [2.05, 4.69) is 10.3 Å². The number of nitrogens with one attached hydrogen (secondary N) is 2. The molecule has 1 aliphatic rings. The topological polar surface area (TPSA) is 66.9 Å². The summed E-state index contributed by atoms with van der Waals surface area (Å²) in [4.78, 5) is 25.6. The van der Waals surface area contributed by atoms with Gasteiger partial charge in [-0.3, -0.25) is 14.3 Å². The number of nitrogens with zero attached hydrogens (tertiary/aromatic N) is 1. The van der Waals surface area contributed by atoms with Gasteiger partial charge in [0.25, 0.3) is 5.56 Å². The van der Waals surface area contributed by atoms with Gasteiger partial charge in [0.2, 0.25) is 0 Å². The zero-order valence-electron chi connectivity index (χ0n) is 7.39. The Balaban J connectivity index is 2.77. The molecule has 1 aromatic heterocycles. The van der Waals surface area contributed by atoms with E-state index in [1.165, 1.54) is 4.57 Å². The Morgan fingerprint density at radius 3 is 2.92 bits per heavy atom. The van der Waals surface area contributed by atoms with Crippen LogP contribution in [0.2, 0.25) is 0 Å². The van der Waals surface area contributed by atoms with Gasteiger partial charge in [-0.15, -0.1) is 0 Å². The van der Waals surface area contributed by atoms with Gasteiger partial charge in [0.05, 0.1) is 5.56 Å². The average Bonchev–Trinajstić information content (AvgIpc) is 2.53. The number of rotatable bonds is 1. The molecule has 0 fully saturated rings. The Bertz CT molecular complexity index is 444. The van der Waals surface area contributed by atoms with Crippen molar-refractivity contribution in [1.29, 1.82) is 0 Å². The third-order valence-corrected chi connectivity index (χ3v) is 2.28. The highest BCUT2D eigenvalue weighted by Gasteiger charge is 2.17. The second-order valence-corrected chi connectivity index (χ2v) is 3.01. The first-order chi connectivity index (χ1) is 6.24. The molecule has 0 radical (unpaired) electrons.